The Balaban J connectivity index is 1.65. The van der Waals surface area contributed by atoms with Gasteiger partial charge in [-0.2, -0.15) is 0 Å². The zero-order valence-corrected chi connectivity index (χ0v) is 18.3. The Morgan fingerprint density at radius 3 is 2.17 bits per heavy atom. The zero-order valence-electron chi connectivity index (χ0n) is 18.3. The summed E-state index contributed by atoms with van der Waals surface area (Å²) < 4.78 is 35.7. The van der Waals surface area contributed by atoms with Gasteiger partial charge in [-0.1, -0.05) is 30.3 Å². The van der Waals surface area contributed by atoms with E-state index in [9.17, 15) is 0 Å². The van der Waals surface area contributed by atoms with Gasteiger partial charge in [0.05, 0.1) is 31.5 Å². The molecule has 0 radical (unpaired) electrons. The summed E-state index contributed by atoms with van der Waals surface area (Å²) in [5, 5.41) is 0. The molecule has 2 aliphatic rings. The summed E-state index contributed by atoms with van der Waals surface area (Å²) in [6, 6.07) is 13.7. The first-order valence-electron chi connectivity index (χ1n) is 10.3. The molecule has 0 aromatic heterocycles. The first-order valence-corrected chi connectivity index (χ1v) is 10.3. The minimum Gasteiger partial charge on any atom is -0.497 e. The molecule has 0 atom stereocenters. The van der Waals surface area contributed by atoms with E-state index in [1.807, 2.05) is 70.2 Å². The van der Waals surface area contributed by atoms with E-state index in [0.717, 1.165) is 22.3 Å². The van der Waals surface area contributed by atoms with Gasteiger partial charge in [0.2, 0.25) is 0 Å². The van der Waals surface area contributed by atoms with Crippen LogP contribution in [-0.2, 0) is 25.4 Å². The molecule has 6 nitrogen and oxygen atoms in total. The van der Waals surface area contributed by atoms with Gasteiger partial charge in [0, 0.05) is 11.0 Å². The average molecular weight is 412 g/mol. The fraction of sp³-hybridized carbons (Fsp3) is 0.478. The van der Waals surface area contributed by atoms with Gasteiger partial charge in [-0.3, -0.25) is 0 Å². The maximum Gasteiger partial charge on any atom is 0.498 e. The number of benzene rings is 2. The largest absolute Gasteiger partial charge is 0.498 e. The number of rotatable bonds is 6. The Labute approximate surface area is 178 Å². The maximum atomic E-state index is 6.33. The third-order valence-corrected chi connectivity index (χ3v) is 6.00. The minimum atomic E-state index is -0.540. The molecule has 0 bridgehead atoms. The van der Waals surface area contributed by atoms with E-state index in [0.29, 0.717) is 25.6 Å². The summed E-state index contributed by atoms with van der Waals surface area (Å²) in [6.45, 7) is 9.67. The van der Waals surface area contributed by atoms with Gasteiger partial charge in [-0.25, -0.2) is 0 Å². The summed E-state index contributed by atoms with van der Waals surface area (Å²) in [5.41, 5.74) is 1.81. The van der Waals surface area contributed by atoms with Crippen molar-refractivity contribution in [3.8, 4) is 11.5 Å². The Kier molecular flexibility index (Phi) is 5.81. The lowest BCUT2D eigenvalue weighted by Crippen LogP contribution is -2.41. The quantitative estimate of drug-likeness (QED) is 0.676. The SMILES string of the molecule is COc1ccc(COc2c(B3OC(C)(C)C(C)(C)O3)cccc2C2OCCO2)cc1. The van der Waals surface area contributed by atoms with Crippen molar-refractivity contribution in [3.63, 3.8) is 0 Å². The lowest BCUT2D eigenvalue weighted by atomic mass is 9.77. The monoisotopic (exact) mass is 412 g/mol. The number of ether oxygens (including phenoxy) is 4. The van der Waals surface area contributed by atoms with Gasteiger partial charge in [0.25, 0.3) is 0 Å². The van der Waals surface area contributed by atoms with E-state index in [2.05, 4.69) is 0 Å². The van der Waals surface area contributed by atoms with Crippen molar-refractivity contribution in [3.05, 3.63) is 53.6 Å². The van der Waals surface area contributed by atoms with E-state index in [-0.39, 0.29) is 0 Å². The molecule has 0 N–H and O–H groups in total. The second-order valence-electron chi connectivity index (χ2n) is 8.56. The van der Waals surface area contributed by atoms with Crippen LogP contribution in [0.15, 0.2) is 42.5 Å². The van der Waals surface area contributed by atoms with Crippen LogP contribution < -0.4 is 14.9 Å². The fourth-order valence-corrected chi connectivity index (χ4v) is 3.50. The molecule has 4 rings (SSSR count). The van der Waals surface area contributed by atoms with Crippen LogP contribution in [0.5, 0.6) is 11.5 Å². The normalized spacial score (nSPS) is 20.5. The predicted molar refractivity (Wildman–Crippen MR) is 114 cm³/mol. The average Bonchev–Trinajstić information content (AvgIpc) is 3.32. The van der Waals surface area contributed by atoms with Gasteiger partial charge in [0.1, 0.15) is 18.1 Å². The highest BCUT2D eigenvalue weighted by atomic mass is 16.7. The highest BCUT2D eigenvalue weighted by Crippen LogP contribution is 2.38. The summed E-state index contributed by atoms with van der Waals surface area (Å²) in [6.07, 6.45) is -0.460. The number of para-hydroxylation sites is 1. The standard InChI is InChI=1S/C23H29BO6/c1-22(2)23(3,4)30-24(29-22)19-8-6-7-18(21-26-13-14-27-21)20(19)28-15-16-9-11-17(25-5)12-10-16/h6-12,21H,13-15H2,1-5H3. The van der Waals surface area contributed by atoms with Crippen LogP contribution in [0.3, 0.4) is 0 Å². The van der Waals surface area contributed by atoms with Crippen molar-refractivity contribution >= 4 is 12.6 Å². The Morgan fingerprint density at radius 1 is 0.933 bits per heavy atom. The molecule has 2 aromatic rings. The van der Waals surface area contributed by atoms with Crippen molar-refractivity contribution in [2.45, 2.75) is 51.8 Å². The van der Waals surface area contributed by atoms with E-state index in [4.69, 9.17) is 28.3 Å². The molecular weight excluding hydrogens is 383 g/mol. The van der Waals surface area contributed by atoms with Crippen LogP contribution in [0.4, 0.5) is 0 Å². The van der Waals surface area contributed by atoms with Crippen LogP contribution in [0.1, 0.15) is 45.1 Å². The molecule has 2 saturated heterocycles. The predicted octanol–water partition coefficient (Wildman–Crippen LogP) is 3.62. The van der Waals surface area contributed by atoms with E-state index < -0.39 is 24.6 Å². The van der Waals surface area contributed by atoms with Gasteiger partial charge in [0.15, 0.2) is 6.29 Å². The van der Waals surface area contributed by atoms with Crippen molar-refractivity contribution in [2.24, 2.45) is 0 Å². The zero-order chi connectivity index (χ0) is 21.4. The van der Waals surface area contributed by atoms with E-state index in [1.54, 1.807) is 7.11 Å². The highest BCUT2D eigenvalue weighted by Gasteiger charge is 2.52. The summed E-state index contributed by atoms with van der Waals surface area (Å²) >= 11 is 0. The molecule has 2 aliphatic heterocycles. The van der Waals surface area contributed by atoms with E-state index >= 15 is 0 Å². The van der Waals surface area contributed by atoms with Crippen LogP contribution in [0.2, 0.25) is 0 Å². The molecule has 0 unspecified atom stereocenters. The van der Waals surface area contributed by atoms with Gasteiger partial charge < -0.3 is 28.3 Å². The second-order valence-corrected chi connectivity index (χ2v) is 8.56. The van der Waals surface area contributed by atoms with Crippen LogP contribution >= 0.6 is 0 Å². The third-order valence-electron chi connectivity index (χ3n) is 6.00. The van der Waals surface area contributed by atoms with Crippen LogP contribution in [0, 0.1) is 0 Å². The maximum absolute atomic E-state index is 6.33. The molecule has 2 aromatic carbocycles. The van der Waals surface area contributed by atoms with Crippen molar-refractivity contribution < 1.29 is 28.3 Å². The highest BCUT2D eigenvalue weighted by molar-refractivity contribution is 6.63. The third kappa shape index (κ3) is 4.07. The van der Waals surface area contributed by atoms with Gasteiger partial charge in [-0.05, 0) is 45.4 Å². The molecule has 160 valence electrons. The molecule has 7 heteroatoms. The summed E-state index contributed by atoms with van der Waals surface area (Å²) in [4.78, 5) is 0. The van der Waals surface area contributed by atoms with Crippen LogP contribution in [-0.4, -0.2) is 38.6 Å². The Bertz CT molecular complexity index is 858. The van der Waals surface area contributed by atoms with Crippen molar-refractivity contribution in [1.82, 2.24) is 0 Å². The molecule has 30 heavy (non-hydrogen) atoms. The molecule has 0 amide bonds. The summed E-state index contributed by atoms with van der Waals surface area (Å²) in [5.74, 6) is 1.49. The fourth-order valence-electron chi connectivity index (χ4n) is 3.50. The molecule has 2 fully saturated rings. The van der Waals surface area contributed by atoms with Crippen molar-refractivity contribution in [1.29, 1.82) is 0 Å². The Morgan fingerprint density at radius 2 is 1.57 bits per heavy atom. The number of methoxy groups -OCH3 is 1. The smallest absolute Gasteiger partial charge is 0.497 e. The first kappa shape index (κ1) is 21.2. The Hall–Kier alpha value is -2.06. The number of hydrogen-bond donors (Lipinski definition) is 0. The molecular formula is C23H29BO6. The summed E-state index contributed by atoms with van der Waals surface area (Å²) in [7, 11) is 1.11. The minimum absolute atomic E-state index is 0.389. The van der Waals surface area contributed by atoms with Crippen LogP contribution in [0.25, 0.3) is 0 Å². The molecule has 2 heterocycles. The van der Waals surface area contributed by atoms with Crippen molar-refractivity contribution in [2.75, 3.05) is 20.3 Å². The van der Waals surface area contributed by atoms with Gasteiger partial charge >= 0.3 is 7.12 Å². The first-order chi connectivity index (χ1) is 14.3. The lowest BCUT2D eigenvalue weighted by molar-refractivity contribution is -0.0457. The van der Waals surface area contributed by atoms with E-state index in [1.165, 1.54) is 0 Å². The second kappa shape index (κ2) is 8.23. The number of hydrogen-bond acceptors (Lipinski definition) is 6. The topological polar surface area (TPSA) is 55.4 Å². The molecule has 0 aliphatic carbocycles. The molecule has 0 saturated carbocycles. The lowest BCUT2D eigenvalue weighted by Gasteiger charge is -2.32. The molecule has 0 spiro atoms. The van der Waals surface area contributed by atoms with Gasteiger partial charge in [-0.15, -0.1) is 0 Å².